The Morgan fingerprint density at radius 1 is 1.21 bits per heavy atom. The Bertz CT molecular complexity index is 1060. The summed E-state index contributed by atoms with van der Waals surface area (Å²) in [4.78, 5) is 17.6. The Kier molecular flexibility index (Phi) is 4.11. The minimum Gasteiger partial charge on any atom is -0.361 e. The number of hydrogen-bond acceptors (Lipinski definition) is 4. The van der Waals surface area contributed by atoms with Crippen LogP contribution in [0.3, 0.4) is 0 Å². The summed E-state index contributed by atoms with van der Waals surface area (Å²) in [5.74, 6) is 0.685. The van der Waals surface area contributed by atoms with Gasteiger partial charge in [0, 0.05) is 41.8 Å². The normalized spacial score (nSPS) is 16.9. The van der Waals surface area contributed by atoms with Crippen LogP contribution in [0, 0.1) is 6.92 Å². The first-order valence-corrected chi connectivity index (χ1v) is 9.84. The molecule has 1 amide bonds. The number of carbonyl (C=O) groups is 1. The zero-order valence-corrected chi connectivity index (χ0v) is 15.9. The van der Waals surface area contributed by atoms with E-state index < -0.39 is 0 Å². The monoisotopic (exact) mass is 373 g/mol. The second-order valence-electron chi connectivity index (χ2n) is 7.70. The van der Waals surface area contributed by atoms with Crippen molar-refractivity contribution < 1.29 is 4.79 Å². The first kappa shape index (κ1) is 17.0. The van der Waals surface area contributed by atoms with Crippen molar-refractivity contribution >= 4 is 28.2 Å². The van der Waals surface area contributed by atoms with Gasteiger partial charge in [-0.2, -0.15) is 0 Å². The third kappa shape index (κ3) is 3.26. The third-order valence-electron chi connectivity index (χ3n) is 5.51. The van der Waals surface area contributed by atoms with Crippen LogP contribution in [0.1, 0.15) is 40.9 Å². The fourth-order valence-corrected chi connectivity index (χ4v) is 3.73. The van der Waals surface area contributed by atoms with Crippen molar-refractivity contribution in [3.63, 3.8) is 0 Å². The van der Waals surface area contributed by atoms with Crippen molar-refractivity contribution in [3.8, 4) is 0 Å². The lowest BCUT2D eigenvalue weighted by Crippen LogP contribution is -2.30. The first-order chi connectivity index (χ1) is 13.7. The first-order valence-electron chi connectivity index (χ1n) is 9.84. The molecule has 3 aromatic rings. The van der Waals surface area contributed by atoms with E-state index >= 15 is 0 Å². The maximum absolute atomic E-state index is 12.0. The second-order valence-corrected chi connectivity index (χ2v) is 7.70. The molecule has 0 spiro atoms. The molecule has 142 valence electrons. The third-order valence-corrected chi connectivity index (χ3v) is 5.51. The molecule has 5 rings (SSSR count). The van der Waals surface area contributed by atoms with Crippen LogP contribution in [-0.2, 0) is 0 Å². The van der Waals surface area contributed by atoms with Gasteiger partial charge in [-0.15, -0.1) is 10.2 Å². The van der Waals surface area contributed by atoms with E-state index in [1.165, 1.54) is 27.6 Å². The number of nitrogens with zero attached hydrogens (tertiary/aromatic N) is 3. The van der Waals surface area contributed by atoms with Crippen molar-refractivity contribution in [1.29, 1.82) is 0 Å². The van der Waals surface area contributed by atoms with Crippen molar-refractivity contribution in [2.24, 2.45) is 0 Å². The summed E-state index contributed by atoms with van der Waals surface area (Å²) in [6, 6.07) is 10.5. The highest BCUT2D eigenvalue weighted by Gasteiger charge is 2.24. The molecule has 1 aliphatic heterocycles. The number of aryl methyl sites for hydroxylation is 1. The van der Waals surface area contributed by atoms with Crippen LogP contribution in [0.5, 0.6) is 0 Å². The lowest BCUT2D eigenvalue weighted by Gasteiger charge is -2.27. The van der Waals surface area contributed by atoms with Gasteiger partial charge in [-0.05, 0) is 55.5 Å². The van der Waals surface area contributed by atoms with Gasteiger partial charge in [0.15, 0.2) is 11.5 Å². The summed E-state index contributed by atoms with van der Waals surface area (Å²) < 4.78 is 0. The van der Waals surface area contributed by atoms with Crippen molar-refractivity contribution in [1.82, 2.24) is 20.5 Å². The molecule has 0 saturated heterocycles. The van der Waals surface area contributed by atoms with E-state index in [1.54, 1.807) is 6.07 Å². The number of H-pyrrole nitrogens is 1. The number of benzene rings is 1. The number of nitrogens with one attached hydrogen (secondary N) is 2. The van der Waals surface area contributed by atoms with Gasteiger partial charge in [0.25, 0.3) is 5.91 Å². The van der Waals surface area contributed by atoms with Crippen LogP contribution in [0.25, 0.3) is 16.5 Å². The van der Waals surface area contributed by atoms with E-state index in [1.807, 2.05) is 6.07 Å². The van der Waals surface area contributed by atoms with Gasteiger partial charge < -0.3 is 15.2 Å². The summed E-state index contributed by atoms with van der Waals surface area (Å²) >= 11 is 0. The molecule has 28 heavy (non-hydrogen) atoms. The Labute approximate surface area is 163 Å². The molecule has 1 aromatic carbocycles. The molecule has 1 fully saturated rings. The molecule has 1 aliphatic carbocycles. The van der Waals surface area contributed by atoms with Crippen LogP contribution in [-0.4, -0.2) is 40.2 Å². The fourth-order valence-electron chi connectivity index (χ4n) is 3.73. The molecule has 0 bridgehead atoms. The molecule has 6 nitrogen and oxygen atoms in total. The van der Waals surface area contributed by atoms with Crippen molar-refractivity contribution in [2.75, 3.05) is 18.0 Å². The molecular formula is C22H23N5O. The van der Waals surface area contributed by atoms with E-state index in [0.717, 1.165) is 38.2 Å². The van der Waals surface area contributed by atoms with Gasteiger partial charge in [-0.25, -0.2) is 0 Å². The number of rotatable bonds is 4. The minimum absolute atomic E-state index is 0.128. The molecule has 0 atom stereocenters. The van der Waals surface area contributed by atoms with Gasteiger partial charge in [0.1, 0.15) is 0 Å². The molecule has 2 aliphatic rings. The van der Waals surface area contributed by atoms with E-state index in [2.05, 4.69) is 62.8 Å². The van der Waals surface area contributed by atoms with Crippen LogP contribution >= 0.6 is 0 Å². The smallest absolute Gasteiger partial charge is 0.272 e. The molecule has 1 saturated carbocycles. The highest BCUT2D eigenvalue weighted by molar-refractivity contribution is 5.94. The summed E-state index contributed by atoms with van der Waals surface area (Å²) in [6.45, 7) is 3.78. The predicted molar refractivity (Wildman–Crippen MR) is 110 cm³/mol. The largest absolute Gasteiger partial charge is 0.361 e. The summed E-state index contributed by atoms with van der Waals surface area (Å²) in [5.41, 5.74) is 5.48. The highest BCUT2D eigenvalue weighted by atomic mass is 16.2. The van der Waals surface area contributed by atoms with Gasteiger partial charge in [0.05, 0.1) is 0 Å². The molecule has 2 N–H and O–H groups in total. The quantitative estimate of drug-likeness (QED) is 0.735. The molecule has 6 heteroatoms. The van der Waals surface area contributed by atoms with Crippen molar-refractivity contribution in [3.05, 3.63) is 59.4 Å². The summed E-state index contributed by atoms with van der Waals surface area (Å²) in [7, 11) is 0. The molecule has 3 heterocycles. The van der Waals surface area contributed by atoms with E-state index in [0.29, 0.717) is 11.7 Å². The van der Waals surface area contributed by atoms with E-state index in [4.69, 9.17) is 0 Å². The topological polar surface area (TPSA) is 73.9 Å². The maximum Gasteiger partial charge on any atom is 0.272 e. The standard InChI is InChI=1S/C22H23N5O/c1-14-2-5-17-18(13-23-20(17)12-14)15-8-10-27(11-9-15)21-7-6-19(25-26-21)22(28)24-16-3-4-16/h2,5-8,12-13,16,23H,3-4,9-11H2,1H3,(H,24,28). The Hall–Kier alpha value is -3.15. The average Bonchev–Trinajstić information content (AvgIpc) is 3.44. The lowest BCUT2D eigenvalue weighted by molar-refractivity contribution is 0.0945. The number of anilines is 1. The predicted octanol–water partition coefficient (Wildman–Crippen LogP) is 3.45. The maximum atomic E-state index is 12.0. The van der Waals surface area contributed by atoms with Gasteiger partial charge >= 0.3 is 0 Å². The van der Waals surface area contributed by atoms with Crippen molar-refractivity contribution in [2.45, 2.75) is 32.2 Å². The van der Waals surface area contributed by atoms with Gasteiger partial charge in [-0.3, -0.25) is 4.79 Å². The number of aromatic nitrogens is 3. The Balaban J connectivity index is 1.30. The zero-order valence-electron chi connectivity index (χ0n) is 15.9. The van der Waals surface area contributed by atoms with Gasteiger partial charge in [-0.1, -0.05) is 18.2 Å². The average molecular weight is 373 g/mol. The van der Waals surface area contributed by atoms with Gasteiger partial charge in [0.2, 0.25) is 0 Å². The Morgan fingerprint density at radius 2 is 2.11 bits per heavy atom. The van der Waals surface area contributed by atoms with E-state index in [-0.39, 0.29) is 5.91 Å². The highest BCUT2D eigenvalue weighted by Crippen LogP contribution is 2.30. The SMILES string of the molecule is Cc1ccc2c(C3=CCN(c4ccc(C(=O)NC5CC5)nn4)CC3)c[nH]c2c1. The number of carbonyl (C=O) groups excluding carboxylic acids is 1. The molecule has 0 unspecified atom stereocenters. The molecule has 2 aromatic heterocycles. The fraction of sp³-hybridized carbons (Fsp3) is 0.318. The zero-order chi connectivity index (χ0) is 19.1. The number of amides is 1. The summed E-state index contributed by atoms with van der Waals surface area (Å²) in [5, 5.41) is 12.6. The number of aromatic amines is 1. The Morgan fingerprint density at radius 3 is 2.82 bits per heavy atom. The van der Waals surface area contributed by atoms with Crippen LogP contribution in [0.4, 0.5) is 5.82 Å². The summed E-state index contributed by atoms with van der Waals surface area (Å²) in [6.07, 6.45) is 7.46. The van der Waals surface area contributed by atoms with Crippen LogP contribution in [0.2, 0.25) is 0 Å². The minimum atomic E-state index is -0.128. The lowest BCUT2D eigenvalue weighted by atomic mass is 9.98. The number of fused-ring (bicyclic) bond motifs is 1. The number of hydrogen-bond donors (Lipinski definition) is 2. The molecule has 0 radical (unpaired) electrons. The van der Waals surface area contributed by atoms with Crippen LogP contribution in [0.15, 0.2) is 42.6 Å². The van der Waals surface area contributed by atoms with E-state index in [9.17, 15) is 4.79 Å². The second kappa shape index (κ2) is 6.78. The molecular weight excluding hydrogens is 350 g/mol. The van der Waals surface area contributed by atoms with Crippen LogP contribution < -0.4 is 10.2 Å².